The summed E-state index contributed by atoms with van der Waals surface area (Å²) >= 11 is 5.93. The zero-order valence-electron chi connectivity index (χ0n) is 15.1. The fourth-order valence-electron chi connectivity index (χ4n) is 2.71. The molecule has 6 nitrogen and oxygen atoms in total. The van der Waals surface area contributed by atoms with Crippen molar-refractivity contribution in [2.45, 2.75) is 26.4 Å². The van der Waals surface area contributed by atoms with E-state index in [0.717, 1.165) is 0 Å². The molecule has 0 saturated carbocycles. The van der Waals surface area contributed by atoms with Crippen LogP contribution < -0.4 is 10.3 Å². The van der Waals surface area contributed by atoms with Crippen molar-refractivity contribution in [3.8, 4) is 5.75 Å². The second-order valence-corrected chi connectivity index (χ2v) is 6.83. The smallest absolute Gasteiger partial charge is 0.261 e. The molecule has 0 fully saturated rings. The molecule has 0 saturated heterocycles. The number of hydrogen-bond donors (Lipinski definition) is 1. The molecule has 0 radical (unpaired) electrons. The number of benzene rings is 2. The van der Waals surface area contributed by atoms with Crippen molar-refractivity contribution < 1.29 is 9.53 Å². The van der Waals surface area contributed by atoms with Crippen molar-refractivity contribution in [1.29, 1.82) is 0 Å². The van der Waals surface area contributed by atoms with Gasteiger partial charge in [0, 0.05) is 11.1 Å². The fourth-order valence-corrected chi connectivity index (χ4v) is 2.89. The second kappa shape index (κ2) is 8.22. The van der Waals surface area contributed by atoms with E-state index in [1.165, 1.54) is 0 Å². The Morgan fingerprint density at radius 3 is 2.74 bits per heavy atom. The molecular weight excluding hydrogens is 366 g/mol. The number of fused-ring (bicyclic) bond motifs is 1. The van der Waals surface area contributed by atoms with Gasteiger partial charge in [-0.15, -0.1) is 0 Å². The third-order valence-corrected chi connectivity index (χ3v) is 4.32. The van der Waals surface area contributed by atoms with Gasteiger partial charge in [0.25, 0.3) is 11.5 Å². The number of hydrogen-bond acceptors (Lipinski definition) is 4. The predicted molar refractivity (Wildman–Crippen MR) is 105 cm³/mol. The number of nitrogens with one attached hydrogen (secondary N) is 1. The summed E-state index contributed by atoms with van der Waals surface area (Å²) in [5.41, 5.74) is 0.379. The van der Waals surface area contributed by atoms with Gasteiger partial charge in [-0.25, -0.2) is 4.98 Å². The molecule has 27 heavy (non-hydrogen) atoms. The number of H-pyrrole nitrogens is 1. The van der Waals surface area contributed by atoms with E-state index in [0.29, 0.717) is 27.5 Å². The molecule has 1 heterocycles. The molecule has 7 heteroatoms. The molecule has 0 aliphatic carbocycles. The van der Waals surface area contributed by atoms with Crippen molar-refractivity contribution in [2.75, 3.05) is 6.61 Å². The number of carbonyl (C=O) groups is 1. The molecular formula is C20H20ClN3O3. The van der Waals surface area contributed by atoms with E-state index < -0.39 is 0 Å². The lowest BCUT2D eigenvalue weighted by Crippen LogP contribution is -2.40. The predicted octanol–water partition coefficient (Wildman–Crippen LogP) is 3.39. The van der Waals surface area contributed by atoms with Crippen LogP contribution in [0.1, 0.15) is 19.7 Å². The Morgan fingerprint density at radius 1 is 1.22 bits per heavy atom. The number of rotatable bonds is 6. The fraction of sp³-hybridized carbons (Fsp3) is 0.250. The molecule has 1 aromatic heterocycles. The Bertz CT molecular complexity index is 1020. The van der Waals surface area contributed by atoms with Crippen molar-refractivity contribution >= 4 is 28.4 Å². The average Bonchev–Trinajstić information content (AvgIpc) is 2.64. The van der Waals surface area contributed by atoms with E-state index in [-0.39, 0.29) is 30.7 Å². The summed E-state index contributed by atoms with van der Waals surface area (Å²) in [6.07, 6.45) is 0. The normalized spacial score (nSPS) is 11.0. The Balaban J connectivity index is 1.75. The van der Waals surface area contributed by atoms with Crippen LogP contribution in [0.2, 0.25) is 5.02 Å². The minimum Gasteiger partial charge on any atom is -0.484 e. The summed E-state index contributed by atoms with van der Waals surface area (Å²) in [6, 6.07) is 13.9. The van der Waals surface area contributed by atoms with Gasteiger partial charge in [-0.2, -0.15) is 0 Å². The third-order valence-electron chi connectivity index (χ3n) is 4.08. The molecule has 3 aromatic rings. The lowest BCUT2D eigenvalue weighted by molar-refractivity contribution is -0.135. The van der Waals surface area contributed by atoms with Crippen LogP contribution in [0.15, 0.2) is 53.3 Å². The third kappa shape index (κ3) is 4.65. The van der Waals surface area contributed by atoms with E-state index in [1.807, 2.05) is 19.9 Å². The highest BCUT2D eigenvalue weighted by atomic mass is 35.5. The Hall–Kier alpha value is -2.86. The molecule has 0 aliphatic heterocycles. The summed E-state index contributed by atoms with van der Waals surface area (Å²) in [5.74, 6) is 0.751. The number of halogens is 1. The highest BCUT2D eigenvalue weighted by molar-refractivity contribution is 6.30. The first-order chi connectivity index (χ1) is 12.9. The van der Waals surface area contributed by atoms with Gasteiger partial charge in [-0.1, -0.05) is 29.8 Å². The lowest BCUT2D eigenvalue weighted by atomic mass is 10.2. The van der Waals surface area contributed by atoms with Crippen LogP contribution in [0.5, 0.6) is 5.75 Å². The highest BCUT2D eigenvalue weighted by Crippen LogP contribution is 2.17. The molecule has 0 aliphatic rings. The minimum atomic E-state index is -0.220. The number of para-hydroxylation sites is 1. The zero-order valence-corrected chi connectivity index (χ0v) is 15.9. The van der Waals surface area contributed by atoms with Gasteiger partial charge in [-0.05, 0) is 44.2 Å². The largest absolute Gasteiger partial charge is 0.484 e. The van der Waals surface area contributed by atoms with Crippen molar-refractivity contribution in [2.24, 2.45) is 0 Å². The van der Waals surface area contributed by atoms with Crippen LogP contribution in [-0.2, 0) is 11.3 Å². The quantitative estimate of drug-likeness (QED) is 0.705. The Morgan fingerprint density at radius 2 is 2.00 bits per heavy atom. The summed E-state index contributed by atoms with van der Waals surface area (Å²) in [4.78, 5) is 33.7. The second-order valence-electron chi connectivity index (χ2n) is 6.39. The number of aromatic nitrogens is 2. The first-order valence-corrected chi connectivity index (χ1v) is 8.97. The lowest BCUT2D eigenvalue weighted by Gasteiger charge is -2.26. The Kier molecular flexibility index (Phi) is 5.76. The van der Waals surface area contributed by atoms with Crippen molar-refractivity contribution in [3.05, 3.63) is 69.7 Å². The zero-order chi connectivity index (χ0) is 19.4. The van der Waals surface area contributed by atoms with Gasteiger partial charge in [0.1, 0.15) is 11.6 Å². The summed E-state index contributed by atoms with van der Waals surface area (Å²) < 4.78 is 5.54. The van der Waals surface area contributed by atoms with Crippen LogP contribution in [0, 0.1) is 0 Å². The first-order valence-electron chi connectivity index (χ1n) is 8.60. The van der Waals surface area contributed by atoms with Crippen LogP contribution in [0.4, 0.5) is 0 Å². The van der Waals surface area contributed by atoms with Crippen LogP contribution in [-0.4, -0.2) is 33.4 Å². The van der Waals surface area contributed by atoms with Gasteiger partial charge in [0.05, 0.1) is 17.4 Å². The standard InChI is InChI=1S/C20H20ClN3O3/c1-13(2)24(19(25)12-27-15-7-5-6-14(21)10-15)11-18-22-17-9-4-3-8-16(17)20(26)23-18/h3-10,13H,11-12H2,1-2H3,(H,22,23,26). The summed E-state index contributed by atoms with van der Waals surface area (Å²) in [6.45, 7) is 3.86. The van der Waals surface area contributed by atoms with Gasteiger partial charge >= 0.3 is 0 Å². The Labute approximate surface area is 161 Å². The number of amides is 1. The molecule has 0 spiro atoms. The van der Waals surface area contributed by atoms with Crippen molar-refractivity contribution in [3.63, 3.8) is 0 Å². The van der Waals surface area contributed by atoms with Gasteiger partial charge in [0.15, 0.2) is 6.61 Å². The maximum atomic E-state index is 12.6. The van der Waals surface area contributed by atoms with Crippen LogP contribution in [0.3, 0.4) is 0 Å². The van der Waals surface area contributed by atoms with E-state index >= 15 is 0 Å². The van der Waals surface area contributed by atoms with Crippen LogP contribution in [0.25, 0.3) is 10.9 Å². The first kappa shape index (κ1) is 18.9. The van der Waals surface area contributed by atoms with Crippen LogP contribution >= 0.6 is 11.6 Å². The maximum absolute atomic E-state index is 12.6. The molecule has 0 bridgehead atoms. The van der Waals surface area contributed by atoms with E-state index in [9.17, 15) is 9.59 Å². The maximum Gasteiger partial charge on any atom is 0.261 e. The molecule has 0 atom stereocenters. The van der Waals surface area contributed by atoms with Gasteiger partial charge in [-0.3, -0.25) is 9.59 Å². The minimum absolute atomic E-state index is 0.0859. The van der Waals surface area contributed by atoms with E-state index in [2.05, 4.69) is 9.97 Å². The monoisotopic (exact) mass is 385 g/mol. The topological polar surface area (TPSA) is 75.3 Å². The molecule has 1 amide bonds. The highest BCUT2D eigenvalue weighted by Gasteiger charge is 2.19. The molecule has 0 unspecified atom stereocenters. The average molecular weight is 386 g/mol. The van der Waals surface area contributed by atoms with E-state index in [1.54, 1.807) is 47.4 Å². The molecule has 3 rings (SSSR count). The number of nitrogens with zero attached hydrogens (tertiary/aromatic N) is 2. The number of ether oxygens (including phenoxy) is 1. The molecule has 1 N–H and O–H groups in total. The SMILES string of the molecule is CC(C)N(Cc1nc2ccccc2c(=O)[nH]1)C(=O)COc1cccc(Cl)c1. The molecule has 2 aromatic carbocycles. The van der Waals surface area contributed by atoms with Gasteiger partial charge < -0.3 is 14.6 Å². The number of aromatic amines is 1. The molecule has 140 valence electrons. The number of carbonyl (C=O) groups excluding carboxylic acids is 1. The van der Waals surface area contributed by atoms with Crippen molar-refractivity contribution in [1.82, 2.24) is 14.9 Å². The van der Waals surface area contributed by atoms with E-state index in [4.69, 9.17) is 16.3 Å². The summed E-state index contributed by atoms with van der Waals surface area (Å²) in [5, 5.41) is 1.06. The van der Waals surface area contributed by atoms with Gasteiger partial charge in [0.2, 0.25) is 0 Å². The summed E-state index contributed by atoms with van der Waals surface area (Å²) in [7, 11) is 0.